The summed E-state index contributed by atoms with van der Waals surface area (Å²) in [5.41, 5.74) is -0.363. The molecule has 1 aromatic carbocycles. The zero-order valence-electron chi connectivity index (χ0n) is 13.3. The van der Waals surface area contributed by atoms with Crippen molar-refractivity contribution in [2.75, 3.05) is 17.3 Å². The Kier molecular flexibility index (Phi) is 3.18. The number of aromatic amines is 1. The molecule has 4 nitrogen and oxygen atoms in total. The van der Waals surface area contributed by atoms with E-state index in [-0.39, 0.29) is 22.5 Å². The summed E-state index contributed by atoms with van der Waals surface area (Å²) in [6.45, 7) is 6.06. The molecule has 0 unspecified atom stereocenters. The Morgan fingerprint density at radius 2 is 1.87 bits per heavy atom. The van der Waals surface area contributed by atoms with Gasteiger partial charge in [0.15, 0.2) is 0 Å². The van der Waals surface area contributed by atoms with Crippen molar-refractivity contribution in [2.45, 2.75) is 38.5 Å². The molecule has 1 aromatic heterocycles. The number of aromatic nitrogens is 1. The van der Waals surface area contributed by atoms with Crippen LogP contribution in [0.3, 0.4) is 0 Å². The third kappa shape index (κ3) is 2.44. The molecule has 0 saturated heterocycles. The number of hydrogen-bond acceptors (Lipinski definition) is 3. The molecular formula is C16H18F3N3O. The first-order valence-corrected chi connectivity index (χ1v) is 7.30. The van der Waals surface area contributed by atoms with Crippen LogP contribution in [0.1, 0.15) is 26.3 Å². The van der Waals surface area contributed by atoms with Crippen molar-refractivity contribution < 1.29 is 13.2 Å². The Morgan fingerprint density at radius 1 is 1.22 bits per heavy atom. The second kappa shape index (κ2) is 4.66. The molecule has 2 aromatic rings. The van der Waals surface area contributed by atoms with E-state index in [1.807, 2.05) is 32.7 Å². The number of nitrogens with one attached hydrogen (secondary N) is 2. The van der Waals surface area contributed by atoms with Crippen LogP contribution in [0.2, 0.25) is 0 Å². The van der Waals surface area contributed by atoms with Gasteiger partial charge in [-0.2, -0.15) is 13.2 Å². The fraction of sp³-hybridized carbons (Fsp3) is 0.438. The predicted octanol–water partition coefficient (Wildman–Crippen LogP) is 3.58. The number of benzene rings is 1. The molecular weight excluding hydrogens is 307 g/mol. The largest absolute Gasteiger partial charge is 0.417 e. The summed E-state index contributed by atoms with van der Waals surface area (Å²) < 4.78 is 39.7. The van der Waals surface area contributed by atoms with E-state index in [1.165, 1.54) is 6.07 Å². The monoisotopic (exact) mass is 325 g/mol. The smallest absolute Gasteiger partial charge is 0.376 e. The van der Waals surface area contributed by atoms with E-state index in [0.717, 1.165) is 0 Å². The van der Waals surface area contributed by atoms with Crippen LogP contribution in [0.4, 0.5) is 24.5 Å². The molecule has 0 aliphatic carbocycles. The maximum atomic E-state index is 13.2. The molecule has 0 fully saturated rings. The maximum absolute atomic E-state index is 13.2. The van der Waals surface area contributed by atoms with Gasteiger partial charge >= 0.3 is 6.18 Å². The van der Waals surface area contributed by atoms with E-state index in [4.69, 9.17) is 0 Å². The number of hydrogen-bond donors (Lipinski definition) is 2. The van der Waals surface area contributed by atoms with Crippen LogP contribution in [0, 0.1) is 0 Å². The number of halogens is 3. The van der Waals surface area contributed by atoms with Gasteiger partial charge in [0.1, 0.15) is 0 Å². The number of anilines is 2. The first-order valence-electron chi connectivity index (χ1n) is 7.30. The molecule has 1 atom stereocenters. The topological polar surface area (TPSA) is 48.1 Å². The zero-order chi connectivity index (χ0) is 17.2. The average Bonchev–Trinajstić information content (AvgIpc) is 2.41. The van der Waals surface area contributed by atoms with Crippen LogP contribution < -0.4 is 15.8 Å². The highest BCUT2D eigenvalue weighted by atomic mass is 19.4. The third-order valence-corrected chi connectivity index (χ3v) is 4.73. The maximum Gasteiger partial charge on any atom is 0.417 e. The molecule has 0 amide bonds. The van der Waals surface area contributed by atoms with E-state index >= 15 is 0 Å². The van der Waals surface area contributed by atoms with Crippen LogP contribution in [-0.4, -0.2) is 23.6 Å². The minimum atomic E-state index is -4.58. The molecule has 7 heteroatoms. The summed E-state index contributed by atoms with van der Waals surface area (Å²) in [5, 5.41) is 3.34. The molecule has 0 spiro atoms. The van der Waals surface area contributed by atoms with Crippen molar-refractivity contribution in [3.05, 3.63) is 34.1 Å². The fourth-order valence-corrected chi connectivity index (χ4v) is 3.06. The molecule has 1 aliphatic rings. The highest BCUT2D eigenvalue weighted by Crippen LogP contribution is 2.42. The number of H-pyrrole nitrogens is 1. The van der Waals surface area contributed by atoms with Gasteiger partial charge in [0, 0.05) is 24.5 Å². The van der Waals surface area contributed by atoms with Crippen molar-refractivity contribution in [3.8, 4) is 0 Å². The summed E-state index contributed by atoms with van der Waals surface area (Å²) in [6, 6.07) is 3.76. The highest BCUT2D eigenvalue weighted by Gasteiger charge is 2.37. The van der Waals surface area contributed by atoms with Gasteiger partial charge in [-0.3, -0.25) is 4.79 Å². The number of alkyl halides is 3. The highest BCUT2D eigenvalue weighted by molar-refractivity contribution is 5.93. The van der Waals surface area contributed by atoms with E-state index in [1.54, 1.807) is 6.07 Å². The van der Waals surface area contributed by atoms with Crippen molar-refractivity contribution in [1.82, 2.24) is 4.98 Å². The molecule has 2 heterocycles. The molecule has 124 valence electrons. The Balaban J connectivity index is 2.33. The molecule has 2 N–H and O–H groups in total. The standard InChI is InChI=1S/C16H18F3N3O/c1-8-15(2,3)21-12-7-11-9(5-13(12)22(8)4)10(16(17,18)19)6-14(23)20-11/h5-8,21H,1-4H3,(H,20,23)/t8-/m0/s1. The van der Waals surface area contributed by atoms with Crippen molar-refractivity contribution >= 4 is 22.3 Å². The van der Waals surface area contributed by atoms with Crippen molar-refractivity contribution in [2.24, 2.45) is 0 Å². The van der Waals surface area contributed by atoms with Gasteiger partial charge < -0.3 is 15.2 Å². The lowest BCUT2D eigenvalue weighted by molar-refractivity contribution is -0.136. The lowest BCUT2D eigenvalue weighted by Gasteiger charge is -2.46. The molecule has 23 heavy (non-hydrogen) atoms. The number of fused-ring (bicyclic) bond motifs is 2. The van der Waals surface area contributed by atoms with Gasteiger partial charge in [-0.1, -0.05) is 0 Å². The number of rotatable bonds is 0. The molecule has 1 aliphatic heterocycles. The quantitative estimate of drug-likeness (QED) is 0.778. The summed E-state index contributed by atoms with van der Waals surface area (Å²) in [4.78, 5) is 16.0. The van der Waals surface area contributed by atoms with Gasteiger partial charge in [0.25, 0.3) is 0 Å². The Hall–Kier alpha value is -2.18. The summed E-state index contributed by atoms with van der Waals surface area (Å²) >= 11 is 0. The summed E-state index contributed by atoms with van der Waals surface area (Å²) in [6.07, 6.45) is -4.58. The van der Waals surface area contributed by atoms with Crippen LogP contribution in [0.5, 0.6) is 0 Å². The Bertz CT molecular complexity index is 839. The van der Waals surface area contributed by atoms with Gasteiger partial charge in [-0.05, 0) is 32.9 Å². The van der Waals surface area contributed by atoms with E-state index in [9.17, 15) is 18.0 Å². The Labute approximate surface area is 131 Å². The number of pyridine rings is 1. The summed E-state index contributed by atoms with van der Waals surface area (Å²) in [5.74, 6) is 0. The van der Waals surface area contributed by atoms with Crippen molar-refractivity contribution in [1.29, 1.82) is 0 Å². The van der Waals surface area contributed by atoms with E-state index < -0.39 is 17.3 Å². The van der Waals surface area contributed by atoms with Crippen LogP contribution in [-0.2, 0) is 6.18 Å². The average molecular weight is 325 g/mol. The summed E-state index contributed by atoms with van der Waals surface area (Å²) in [7, 11) is 1.86. The van der Waals surface area contributed by atoms with Gasteiger partial charge in [-0.25, -0.2) is 0 Å². The van der Waals surface area contributed by atoms with Gasteiger partial charge in [0.2, 0.25) is 5.56 Å². The van der Waals surface area contributed by atoms with E-state index in [0.29, 0.717) is 17.4 Å². The van der Waals surface area contributed by atoms with Crippen molar-refractivity contribution in [3.63, 3.8) is 0 Å². The SMILES string of the molecule is C[C@@H]1N(C)c2cc3c(C(F)(F)F)cc(=O)[nH]c3cc2NC1(C)C. The Morgan fingerprint density at radius 3 is 2.48 bits per heavy atom. The molecule has 0 radical (unpaired) electrons. The van der Waals surface area contributed by atoms with Crippen LogP contribution >= 0.6 is 0 Å². The third-order valence-electron chi connectivity index (χ3n) is 4.73. The predicted molar refractivity (Wildman–Crippen MR) is 85.1 cm³/mol. The lowest BCUT2D eigenvalue weighted by Crippen LogP contribution is -2.54. The molecule has 0 bridgehead atoms. The van der Waals surface area contributed by atoms with Gasteiger partial charge in [0.05, 0.1) is 28.0 Å². The fourth-order valence-electron chi connectivity index (χ4n) is 3.06. The van der Waals surface area contributed by atoms with Crippen LogP contribution in [0.15, 0.2) is 23.0 Å². The number of nitrogens with zero attached hydrogens (tertiary/aromatic N) is 1. The van der Waals surface area contributed by atoms with E-state index in [2.05, 4.69) is 10.3 Å². The molecule has 3 rings (SSSR count). The zero-order valence-corrected chi connectivity index (χ0v) is 13.3. The second-order valence-electron chi connectivity index (χ2n) is 6.59. The normalized spacial score (nSPS) is 20.3. The first kappa shape index (κ1) is 15.7. The lowest BCUT2D eigenvalue weighted by atomic mass is 9.90. The minimum absolute atomic E-state index is 0.00333. The minimum Gasteiger partial charge on any atom is -0.376 e. The molecule has 0 saturated carbocycles. The second-order valence-corrected chi connectivity index (χ2v) is 6.59. The van der Waals surface area contributed by atoms with Crippen LogP contribution in [0.25, 0.3) is 10.9 Å². The number of likely N-dealkylation sites (N-methyl/N-ethyl adjacent to an activating group) is 1. The first-order chi connectivity index (χ1) is 10.5. The van der Waals surface area contributed by atoms with Gasteiger partial charge in [-0.15, -0.1) is 0 Å².